The van der Waals surface area contributed by atoms with Gasteiger partial charge in [0, 0.05) is 65.7 Å². The molecular formula is C18H36N4O4S. The molecule has 0 radical (unpaired) electrons. The van der Waals surface area contributed by atoms with Gasteiger partial charge in [-0.1, -0.05) is 0 Å². The van der Waals surface area contributed by atoms with Crippen LogP contribution in [-0.4, -0.2) is 96.5 Å². The fraction of sp³-hybridized carbons (Fsp3) is 0.944. The molecule has 8 nitrogen and oxygen atoms in total. The van der Waals surface area contributed by atoms with Gasteiger partial charge in [-0.3, -0.25) is 9.89 Å². The molecular weight excluding hydrogens is 368 g/mol. The summed E-state index contributed by atoms with van der Waals surface area (Å²) in [6.45, 7) is 9.72. The summed E-state index contributed by atoms with van der Waals surface area (Å²) in [5.41, 5.74) is 0. The lowest BCUT2D eigenvalue weighted by molar-refractivity contribution is 0.0205. The maximum absolute atomic E-state index is 11.5. The van der Waals surface area contributed by atoms with Gasteiger partial charge in [0.05, 0.1) is 11.5 Å². The number of guanidine groups is 1. The summed E-state index contributed by atoms with van der Waals surface area (Å²) in [6, 6.07) is 0. The van der Waals surface area contributed by atoms with E-state index in [4.69, 9.17) is 9.47 Å². The van der Waals surface area contributed by atoms with Crippen molar-refractivity contribution in [1.29, 1.82) is 0 Å². The van der Waals surface area contributed by atoms with Crippen molar-refractivity contribution in [3.63, 3.8) is 0 Å². The Kier molecular flexibility index (Phi) is 10.4. The Labute approximate surface area is 164 Å². The molecule has 2 aliphatic heterocycles. The molecule has 2 heterocycles. The minimum Gasteiger partial charge on any atom is -0.381 e. The van der Waals surface area contributed by atoms with Gasteiger partial charge in [0.2, 0.25) is 0 Å². The minimum atomic E-state index is -2.81. The summed E-state index contributed by atoms with van der Waals surface area (Å²) in [7, 11) is -2.81. The summed E-state index contributed by atoms with van der Waals surface area (Å²) in [5, 5.41) is 6.57. The maximum atomic E-state index is 11.5. The van der Waals surface area contributed by atoms with E-state index in [9.17, 15) is 8.42 Å². The SMILES string of the molecule is CCNC(=NCCCOCC1CCOCC1)NCCN1CCS(=O)(=O)CC1. The van der Waals surface area contributed by atoms with E-state index in [0.29, 0.717) is 19.0 Å². The summed E-state index contributed by atoms with van der Waals surface area (Å²) >= 11 is 0. The van der Waals surface area contributed by atoms with Crippen molar-refractivity contribution in [2.24, 2.45) is 10.9 Å². The van der Waals surface area contributed by atoms with E-state index in [2.05, 4.69) is 20.5 Å². The van der Waals surface area contributed by atoms with Gasteiger partial charge >= 0.3 is 0 Å². The second-order valence-corrected chi connectivity index (χ2v) is 9.47. The Hall–Kier alpha value is -0.900. The van der Waals surface area contributed by atoms with Crippen LogP contribution in [0.2, 0.25) is 0 Å². The smallest absolute Gasteiger partial charge is 0.191 e. The summed E-state index contributed by atoms with van der Waals surface area (Å²) in [5.74, 6) is 2.00. The molecule has 9 heteroatoms. The standard InChI is InChI=1S/C18H36N4O4S/c1-2-19-18(21-7-8-22-9-14-27(23,24)15-10-22)20-6-3-11-26-16-17-4-12-25-13-5-17/h17H,2-16H2,1H3,(H2,19,20,21). The molecule has 0 atom stereocenters. The van der Waals surface area contributed by atoms with Crippen molar-refractivity contribution in [2.45, 2.75) is 26.2 Å². The van der Waals surface area contributed by atoms with E-state index in [1.54, 1.807) is 0 Å². The first-order valence-corrected chi connectivity index (χ1v) is 12.0. The molecule has 0 bridgehead atoms. The molecule has 0 amide bonds. The molecule has 2 aliphatic rings. The monoisotopic (exact) mass is 404 g/mol. The number of aliphatic imine (C=N–C) groups is 1. The van der Waals surface area contributed by atoms with Crippen LogP contribution in [0.4, 0.5) is 0 Å². The number of hydrogen-bond acceptors (Lipinski definition) is 6. The van der Waals surface area contributed by atoms with Gasteiger partial charge in [-0.15, -0.1) is 0 Å². The first-order chi connectivity index (χ1) is 13.1. The molecule has 0 spiro atoms. The number of sulfone groups is 1. The molecule has 0 unspecified atom stereocenters. The molecule has 2 N–H and O–H groups in total. The van der Waals surface area contributed by atoms with E-state index in [1.165, 1.54) is 0 Å². The second-order valence-electron chi connectivity index (χ2n) is 7.17. The van der Waals surface area contributed by atoms with Crippen LogP contribution in [-0.2, 0) is 19.3 Å². The lowest BCUT2D eigenvalue weighted by atomic mass is 10.0. The molecule has 0 aromatic rings. The minimum absolute atomic E-state index is 0.273. The van der Waals surface area contributed by atoms with Gasteiger partial charge in [-0.2, -0.15) is 0 Å². The van der Waals surface area contributed by atoms with Crippen LogP contribution in [0, 0.1) is 5.92 Å². The predicted octanol–water partition coefficient (Wildman–Crippen LogP) is 0.105. The zero-order chi connectivity index (χ0) is 19.4. The van der Waals surface area contributed by atoms with Crippen molar-refractivity contribution in [3.8, 4) is 0 Å². The highest BCUT2D eigenvalue weighted by Gasteiger charge is 2.20. The van der Waals surface area contributed by atoms with Crippen LogP contribution in [0.15, 0.2) is 4.99 Å². The summed E-state index contributed by atoms with van der Waals surface area (Å²) in [4.78, 5) is 6.77. The quantitative estimate of drug-likeness (QED) is 0.303. The summed E-state index contributed by atoms with van der Waals surface area (Å²) < 4.78 is 34.0. The number of ether oxygens (including phenoxy) is 2. The third-order valence-corrected chi connectivity index (χ3v) is 6.52. The molecule has 2 rings (SSSR count). The van der Waals surface area contributed by atoms with Crippen LogP contribution in [0.25, 0.3) is 0 Å². The van der Waals surface area contributed by atoms with E-state index in [0.717, 1.165) is 77.8 Å². The normalized spacial score (nSPS) is 21.9. The molecule has 2 saturated heterocycles. The van der Waals surface area contributed by atoms with Gasteiger partial charge in [0.25, 0.3) is 0 Å². The van der Waals surface area contributed by atoms with Crippen LogP contribution in [0.3, 0.4) is 0 Å². The zero-order valence-corrected chi connectivity index (χ0v) is 17.4. The highest BCUT2D eigenvalue weighted by Crippen LogP contribution is 2.14. The van der Waals surface area contributed by atoms with Gasteiger partial charge in [0.1, 0.15) is 0 Å². The average Bonchev–Trinajstić information content (AvgIpc) is 2.66. The maximum Gasteiger partial charge on any atom is 0.191 e. The number of hydrogen-bond donors (Lipinski definition) is 2. The van der Waals surface area contributed by atoms with Crippen molar-refractivity contribution >= 4 is 15.8 Å². The second kappa shape index (κ2) is 12.5. The van der Waals surface area contributed by atoms with E-state index in [1.807, 2.05) is 6.92 Å². The third kappa shape index (κ3) is 9.73. The molecule has 2 fully saturated rings. The molecule has 0 aliphatic carbocycles. The van der Waals surface area contributed by atoms with E-state index in [-0.39, 0.29) is 11.5 Å². The van der Waals surface area contributed by atoms with E-state index >= 15 is 0 Å². The topological polar surface area (TPSA) is 92.3 Å². The molecule has 0 aromatic carbocycles. The van der Waals surface area contributed by atoms with Gasteiger partial charge in [-0.25, -0.2) is 8.42 Å². The molecule has 158 valence electrons. The molecule has 27 heavy (non-hydrogen) atoms. The Morgan fingerprint density at radius 3 is 2.67 bits per heavy atom. The van der Waals surface area contributed by atoms with Gasteiger partial charge in [0.15, 0.2) is 15.8 Å². The lowest BCUT2D eigenvalue weighted by Crippen LogP contribution is -2.46. The Morgan fingerprint density at radius 2 is 1.96 bits per heavy atom. The van der Waals surface area contributed by atoms with E-state index < -0.39 is 9.84 Å². The van der Waals surface area contributed by atoms with Gasteiger partial charge in [-0.05, 0) is 32.1 Å². The predicted molar refractivity (Wildman–Crippen MR) is 108 cm³/mol. The Balaban J connectivity index is 1.55. The van der Waals surface area contributed by atoms with Crippen LogP contribution >= 0.6 is 0 Å². The average molecular weight is 405 g/mol. The van der Waals surface area contributed by atoms with Crippen molar-refractivity contribution in [3.05, 3.63) is 0 Å². The highest BCUT2D eigenvalue weighted by atomic mass is 32.2. The number of nitrogens with zero attached hydrogens (tertiary/aromatic N) is 2. The third-order valence-electron chi connectivity index (χ3n) is 4.91. The fourth-order valence-electron chi connectivity index (χ4n) is 3.17. The fourth-order valence-corrected chi connectivity index (χ4v) is 4.45. The Bertz CT molecular complexity index is 521. The van der Waals surface area contributed by atoms with Crippen molar-refractivity contribution < 1.29 is 17.9 Å². The molecule has 0 saturated carbocycles. The summed E-state index contributed by atoms with van der Waals surface area (Å²) in [6.07, 6.45) is 3.12. The van der Waals surface area contributed by atoms with Crippen LogP contribution in [0.5, 0.6) is 0 Å². The van der Waals surface area contributed by atoms with Crippen molar-refractivity contribution in [1.82, 2.24) is 15.5 Å². The molecule has 0 aromatic heterocycles. The number of nitrogens with one attached hydrogen (secondary N) is 2. The van der Waals surface area contributed by atoms with Crippen molar-refractivity contribution in [2.75, 3.05) is 77.2 Å². The highest BCUT2D eigenvalue weighted by molar-refractivity contribution is 7.91. The first-order valence-electron chi connectivity index (χ1n) is 10.2. The van der Waals surface area contributed by atoms with Gasteiger partial charge < -0.3 is 20.1 Å². The van der Waals surface area contributed by atoms with Crippen LogP contribution < -0.4 is 10.6 Å². The lowest BCUT2D eigenvalue weighted by Gasteiger charge is -2.26. The Morgan fingerprint density at radius 1 is 1.22 bits per heavy atom. The largest absolute Gasteiger partial charge is 0.381 e. The zero-order valence-electron chi connectivity index (χ0n) is 16.6. The van der Waals surface area contributed by atoms with Crippen LogP contribution in [0.1, 0.15) is 26.2 Å². The number of rotatable bonds is 10. The first kappa shape index (κ1) is 22.4.